The van der Waals surface area contributed by atoms with Gasteiger partial charge in [0.25, 0.3) is 0 Å². The zero-order valence-corrected chi connectivity index (χ0v) is 14.3. The molecule has 0 saturated heterocycles. The van der Waals surface area contributed by atoms with Crippen LogP contribution in [0.5, 0.6) is 11.5 Å². The first-order valence-corrected chi connectivity index (χ1v) is 8.18. The Hall–Kier alpha value is -3.40. The summed E-state index contributed by atoms with van der Waals surface area (Å²) in [5, 5.41) is 2.77. The molecule has 3 nitrogen and oxygen atoms in total. The summed E-state index contributed by atoms with van der Waals surface area (Å²) in [4.78, 5) is 12.0. The minimum Gasteiger partial charge on any atom is -0.457 e. The molecule has 0 aromatic heterocycles. The Labute approximate surface area is 151 Å². The molecule has 0 aliphatic rings. The number of carbonyl (C=O) groups excluding carboxylic acids is 1. The van der Waals surface area contributed by atoms with Gasteiger partial charge in [0.05, 0.1) is 0 Å². The molecule has 3 rings (SSSR count). The van der Waals surface area contributed by atoms with Crippen molar-refractivity contribution < 1.29 is 13.9 Å². The minimum atomic E-state index is -0.306. The maximum absolute atomic E-state index is 12.8. The summed E-state index contributed by atoms with van der Waals surface area (Å²) in [5.41, 5.74) is 2.59. The predicted molar refractivity (Wildman–Crippen MR) is 102 cm³/mol. The van der Waals surface area contributed by atoms with Crippen LogP contribution < -0.4 is 10.1 Å². The van der Waals surface area contributed by atoms with Crippen LogP contribution >= 0.6 is 0 Å². The number of carbonyl (C=O) groups is 1. The SMILES string of the molecule is Cc1ccc(Oc2ccc(NC(=O)/C=C/c3ccc(F)cc3)cc2)cc1. The van der Waals surface area contributed by atoms with Gasteiger partial charge in [-0.05, 0) is 67.1 Å². The van der Waals surface area contributed by atoms with E-state index in [1.807, 2.05) is 31.2 Å². The highest BCUT2D eigenvalue weighted by molar-refractivity contribution is 6.01. The Morgan fingerprint density at radius 1 is 0.885 bits per heavy atom. The van der Waals surface area contributed by atoms with E-state index in [9.17, 15) is 9.18 Å². The summed E-state index contributed by atoms with van der Waals surface area (Å²) >= 11 is 0. The predicted octanol–water partition coefficient (Wildman–Crippen LogP) is 5.58. The molecule has 3 aromatic rings. The van der Waals surface area contributed by atoms with E-state index >= 15 is 0 Å². The van der Waals surface area contributed by atoms with E-state index in [0.29, 0.717) is 11.4 Å². The maximum atomic E-state index is 12.8. The van der Waals surface area contributed by atoms with Crippen LogP contribution in [0.1, 0.15) is 11.1 Å². The number of ether oxygens (including phenoxy) is 1. The highest BCUT2D eigenvalue weighted by Crippen LogP contribution is 2.23. The lowest BCUT2D eigenvalue weighted by atomic mass is 10.2. The minimum absolute atomic E-state index is 0.262. The van der Waals surface area contributed by atoms with Crippen molar-refractivity contribution in [1.82, 2.24) is 0 Å². The van der Waals surface area contributed by atoms with Gasteiger partial charge in [-0.2, -0.15) is 0 Å². The molecule has 0 aliphatic heterocycles. The van der Waals surface area contributed by atoms with Gasteiger partial charge in [-0.25, -0.2) is 4.39 Å². The van der Waals surface area contributed by atoms with Gasteiger partial charge in [-0.3, -0.25) is 4.79 Å². The summed E-state index contributed by atoms with van der Waals surface area (Å²) in [5.74, 6) is 0.879. The maximum Gasteiger partial charge on any atom is 0.248 e. The third kappa shape index (κ3) is 5.05. The highest BCUT2D eigenvalue weighted by atomic mass is 19.1. The van der Waals surface area contributed by atoms with E-state index in [0.717, 1.165) is 11.3 Å². The lowest BCUT2D eigenvalue weighted by Crippen LogP contribution is -2.07. The second-order valence-electron chi connectivity index (χ2n) is 5.81. The van der Waals surface area contributed by atoms with Gasteiger partial charge in [0, 0.05) is 11.8 Å². The van der Waals surface area contributed by atoms with Crippen LogP contribution in [0.3, 0.4) is 0 Å². The standard InChI is InChI=1S/C22H18FNO2/c1-16-2-11-20(12-3-16)26-21-13-9-19(10-14-21)24-22(25)15-6-17-4-7-18(23)8-5-17/h2-15H,1H3,(H,24,25)/b15-6+. The fourth-order valence-electron chi connectivity index (χ4n) is 2.28. The normalized spacial score (nSPS) is 10.7. The van der Waals surface area contributed by atoms with Crippen molar-refractivity contribution in [2.75, 3.05) is 5.32 Å². The molecule has 0 spiro atoms. The van der Waals surface area contributed by atoms with Crippen LogP contribution in [0.25, 0.3) is 6.08 Å². The quantitative estimate of drug-likeness (QED) is 0.612. The smallest absolute Gasteiger partial charge is 0.248 e. The molecular formula is C22H18FNO2. The van der Waals surface area contributed by atoms with E-state index < -0.39 is 0 Å². The first-order valence-electron chi connectivity index (χ1n) is 8.18. The average molecular weight is 347 g/mol. The zero-order valence-electron chi connectivity index (χ0n) is 14.3. The van der Waals surface area contributed by atoms with Crippen LogP contribution in [0.15, 0.2) is 78.9 Å². The Bertz CT molecular complexity index is 898. The Morgan fingerprint density at radius 2 is 1.46 bits per heavy atom. The van der Waals surface area contributed by atoms with Crippen LogP contribution in [0.4, 0.5) is 10.1 Å². The summed E-state index contributed by atoms with van der Waals surface area (Å²) in [6, 6.07) is 20.8. The van der Waals surface area contributed by atoms with E-state index in [1.165, 1.54) is 23.8 Å². The second-order valence-corrected chi connectivity index (χ2v) is 5.81. The van der Waals surface area contributed by atoms with Crippen molar-refractivity contribution in [3.63, 3.8) is 0 Å². The molecule has 0 aliphatic carbocycles. The number of nitrogens with one attached hydrogen (secondary N) is 1. The first-order chi connectivity index (χ1) is 12.6. The topological polar surface area (TPSA) is 38.3 Å². The molecular weight excluding hydrogens is 329 g/mol. The van der Waals surface area contributed by atoms with Gasteiger partial charge in [-0.1, -0.05) is 29.8 Å². The average Bonchev–Trinajstić information content (AvgIpc) is 2.65. The molecule has 0 fully saturated rings. The number of hydrogen-bond acceptors (Lipinski definition) is 2. The summed E-state index contributed by atoms with van der Waals surface area (Å²) in [6.45, 7) is 2.02. The molecule has 0 saturated carbocycles. The molecule has 26 heavy (non-hydrogen) atoms. The molecule has 0 bridgehead atoms. The number of aryl methyl sites for hydroxylation is 1. The largest absolute Gasteiger partial charge is 0.457 e. The fourth-order valence-corrected chi connectivity index (χ4v) is 2.28. The second kappa shape index (κ2) is 8.12. The van der Waals surface area contributed by atoms with Gasteiger partial charge < -0.3 is 10.1 Å². The van der Waals surface area contributed by atoms with Gasteiger partial charge in [0.2, 0.25) is 5.91 Å². The van der Waals surface area contributed by atoms with E-state index in [2.05, 4.69) is 5.32 Å². The lowest BCUT2D eigenvalue weighted by Gasteiger charge is -2.07. The third-order valence-corrected chi connectivity index (χ3v) is 3.68. The Kier molecular flexibility index (Phi) is 5.44. The molecule has 0 unspecified atom stereocenters. The molecule has 1 amide bonds. The third-order valence-electron chi connectivity index (χ3n) is 3.68. The fraction of sp³-hybridized carbons (Fsp3) is 0.0455. The van der Waals surface area contributed by atoms with Gasteiger partial charge >= 0.3 is 0 Å². The van der Waals surface area contributed by atoms with E-state index in [4.69, 9.17) is 4.74 Å². The highest BCUT2D eigenvalue weighted by Gasteiger charge is 2.01. The van der Waals surface area contributed by atoms with Crippen molar-refractivity contribution in [2.45, 2.75) is 6.92 Å². The molecule has 4 heteroatoms. The van der Waals surface area contributed by atoms with Crippen LogP contribution in [-0.4, -0.2) is 5.91 Å². The number of anilines is 1. The van der Waals surface area contributed by atoms with Gasteiger partial charge in [-0.15, -0.1) is 0 Å². The van der Waals surface area contributed by atoms with E-state index in [1.54, 1.807) is 42.5 Å². The zero-order chi connectivity index (χ0) is 18.4. The monoisotopic (exact) mass is 347 g/mol. The summed E-state index contributed by atoms with van der Waals surface area (Å²) in [7, 11) is 0. The molecule has 3 aromatic carbocycles. The van der Waals surface area contributed by atoms with Crippen LogP contribution in [-0.2, 0) is 4.79 Å². The number of halogens is 1. The summed E-state index contributed by atoms with van der Waals surface area (Å²) in [6.07, 6.45) is 3.04. The van der Waals surface area contributed by atoms with Crippen LogP contribution in [0, 0.1) is 12.7 Å². The van der Waals surface area contributed by atoms with Crippen molar-refractivity contribution in [3.8, 4) is 11.5 Å². The van der Waals surface area contributed by atoms with Crippen molar-refractivity contribution in [2.24, 2.45) is 0 Å². The van der Waals surface area contributed by atoms with Crippen LogP contribution in [0.2, 0.25) is 0 Å². The van der Waals surface area contributed by atoms with Crippen molar-refractivity contribution in [3.05, 3.63) is 95.8 Å². The summed E-state index contributed by atoms with van der Waals surface area (Å²) < 4.78 is 18.6. The molecule has 1 N–H and O–H groups in total. The lowest BCUT2D eigenvalue weighted by molar-refractivity contribution is -0.111. The number of hydrogen-bond donors (Lipinski definition) is 1. The van der Waals surface area contributed by atoms with E-state index in [-0.39, 0.29) is 11.7 Å². The molecule has 0 atom stereocenters. The van der Waals surface area contributed by atoms with Gasteiger partial charge in [0.15, 0.2) is 0 Å². The van der Waals surface area contributed by atoms with Gasteiger partial charge in [0.1, 0.15) is 17.3 Å². The van der Waals surface area contributed by atoms with Crippen molar-refractivity contribution >= 4 is 17.7 Å². The van der Waals surface area contributed by atoms with Crippen molar-refractivity contribution in [1.29, 1.82) is 0 Å². The Balaban J connectivity index is 1.57. The number of rotatable bonds is 5. The number of benzene rings is 3. The molecule has 0 radical (unpaired) electrons. The number of amides is 1. The molecule has 130 valence electrons. The first kappa shape index (κ1) is 17.4. The Morgan fingerprint density at radius 3 is 2.08 bits per heavy atom. The molecule has 0 heterocycles.